The number of aliphatic hydroxyl groups is 1. The Morgan fingerprint density at radius 1 is 0.269 bits per heavy atom. The molecule has 0 radical (unpaired) electrons. The molecule has 93 heavy (non-hydrogen) atoms. The predicted octanol–water partition coefficient (Wildman–Crippen LogP) is 21.3. The first-order valence-electron chi connectivity index (χ1n) is 38.2. The van der Waals surface area contributed by atoms with E-state index < -0.39 is 97.5 Å². The number of aliphatic hydroxyl groups excluding tert-OH is 1. The summed E-state index contributed by atoms with van der Waals surface area (Å²) in [4.78, 5) is 72.7. The van der Waals surface area contributed by atoms with E-state index in [0.29, 0.717) is 31.6 Å². The summed E-state index contributed by atoms with van der Waals surface area (Å²) in [7, 11) is -9.91. The van der Waals surface area contributed by atoms with Crippen LogP contribution < -0.4 is 0 Å². The molecule has 0 saturated carbocycles. The Hall–Kier alpha value is -1.94. The normalized spacial score (nSPS) is 14.2. The zero-order chi connectivity index (χ0) is 68.9. The molecule has 17 nitrogen and oxygen atoms in total. The van der Waals surface area contributed by atoms with Gasteiger partial charge in [-0.1, -0.05) is 319 Å². The van der Waals surface area contributed by atoms with Crippen LogP contribution in [0, 0.1) is 23.7 Å². The largest absolute Gasteiger partial charge is 0.472 e. The van der Waals surface area contributed by atoms with Gasteiger partial charge in [0.2, 0.25) is 0 Å². The third-order valence-electron chi connectivity index (χ3n) is 17.1. The summed E-state index contributed by atoms with van der Waals surface area (Å²) in [6.07, 6.45) is 47.3. The molecule has 0 aromatic rings. The fourth-order valence-corrected chi connectivity index (χ4v) is 12.8. The van der Waals surface area contributed by atoms with Crippen molar-refractivity contribution in [2.24, 2.45) is 23.7 Å². The first-order chi connectivity index (χ1) is 44.6. The molecular formula is C74H144O17P2. The van der Waals surface area contributed by atoms with E-state index in [0.717, 1.165) is 108 Å². The summed E-state index contributed by atoms with van der Waals surface area (Å²) in [5.41, 5.74) is 0. The highest BCUT2D eigenvalue weighted by atomic mass is 31.2. The smallest absolute Gasteiger partial charge is 0.462 e. The van der Waals surface area contributed by atoms with Crippen molar-refractivity contribution in [1.82, 2.24) is 0 Å². The third kappa shape index (κ3) is 68.4. The maximum atomic E-state index is 13.1. The average Bonchev–Trinajstić information content (AvgIpc) is 1.79. The fourth-order valence-electron chi connectivity index (χ4n) is 11.2. The maximum Gasteiger partial charge on any atom is 0.472 e. The number of rotatable bonds is 71. The molecule has 19 heteroatoms. The summed E-state index contributed by atoms with van der Waals surface area (Å²) in [6.45, 7) is 14.1. The van der Waals surface area contributed by atoms with Crippen molar-refractivity contribution in [1.29, 1.82) is 0 Å². The van der Waals surface area contributed by atoms with Gasteiger partial charge in [-0.05, 0) is 49.4 Å². The second-order valence-electron chi connectivity index (χ2n) is 28.6. The number of hydrogen-bond acceptors (Lipinski definition) is 15. The standard InChI is InChI=1S/C74H144O17P2/c1-64(2)50-42-34-26-19-15-11-9-10-12-18-22-32-40-48-56-73(78)90-69(60-84-71(76)54-46-38-30-21-17-14-13-16-20-27-35-43-51-65(3)4)62-88-92(80,81)86-58-68(75)59-87-93(82,83)89-63-70(91-74(79)57-49-41-33-25-29-37-45-53-67(7)8)61-85-72(77)55-47-39-31-24-23-28-36-44-52-66(5)6/h64-70,75H,9-63H2,1-8H3,(H,80,81)(H,82,83)/t68?,69-,70-/m1/s1. The topological polar surface area (TPSA) is 237 Å². The van der Waals surface area contributed by atoms with Crippen LogP contribution in [0.5, 0.6) is 0 Å². The van der Waals surface area contributed by atoms with Crippen LogP contribution >= 0.6 is 15.6 Å². The minimum Gasteiger partial charge on any atom is -0.462 e. The Kier molecular flexibility index (Phi) is 62.2. The molecule has 3 unspecified atom stereocenters. The van der Waals surface area contributed by atoms with Crippen LogP contribution in [0.1, 0.15) is 370 Å². The van der Waals surface area contributed by atoms with Crippen molar-refractivity contribution in [3.05, 3.63) is 0 Å². The van der Waals surface area contributed by atoms with E-state index in [1.54, 1.807) is 0 Å². The molecule has 0 bridgehead atoms. The second-order valence-corrected chi connectivity index (χ2v) is 31.5. The lowest BCUT2D eigenvalue weighted by atomic mass is 10.0. The average molecular weight is 1370 g/mol. The lowest BCUT2D eigenvalue weighted by molar-refractivity contribution is -0.161. The lowest BCUT2D eigenvalue weighted by Crippen LogP contribution is -2.30. The van der Waals surface area contributed by atoms with Gasteiger partial charge < -0.3 is 33.8 Å². The number of carbonyl (C=O) groups is 4. The van der Waals surface area contributed by atoms with Gasteiger partial charge in [0.25, 0.3) is 0 Å². The first kappa shape index (κ1) is 91.1. The molecule has 0 rings (SSSR count). The van der Waals surface area contributed by atoms with Crippen LogP contribution in [0.4, 0.5) is 0 Å². The molecule has 0 aromatic heterocycles. The zero-order valence-corrected chi connectivity index (χ0v) is 62.7. The number of esters is 4. The molecule has 0 spiro atoms. The second kappa shape index (κ2) is 63.5. The van der Waals surface area contributed by atoms with Crippen molar-refractivity contribution in [3.63, 3.8) is 0 Å². The van der Waals surface area contributed by atoms with E-state index in [1.807, 2.05) is 0 Å². The molecular weight excluding hydrogens is 1220 g/mol. The van der Waals surface area contributed by atoms with E-state index in [-0.39, 0.29) is 25.7 Å². The molecule has 552 valence electrons. The van der Waals surface area contributed by atoms with Gasteiger partial charge in [0, 0.05) is 25.7 Å². The number of carbonyl (C=O) groups excluding carboxylic acids is 4. The predicted molar refractivity (Wildman–Crippen MR) is 377 cm³/mol. The van der Waals surface area contributed by atoms with Crippen LogP contribution in [0.25, 0.3) is 0 Å². The van der Waals surface area contributed by atoms with Crippen molar-refractivity contribution in [2.75, 3.05) is 39.6 Å². The van der Waals surface area contributed by atoms with E-state index in [9.17, 15) is 43.2 Å². The minimum absolute atomic E-state index is 0.103. The molecule has 3 N–H and O–H groups in total. The van der Waals surface area contributed by atoms with Gasteiger partial charge in [0.1, 0.15) is 19.3 Å². The molecule has 0 aromatic carbocycles. The lowest BCUT2D eigenvalue weighted by Gasteiger charge is -2.21. The highest BCUT2D eigenvalue weighted by molar-refractivity contribution is 7.47. The maximum absolute atomic E-state index is 13.1. The first-order valence-corrected chi connectivity index (χ1v) is 41.2. The summed E-state index contributed by atoms with van der Waals surface area (Å²) in [5, 5.41) is 10.6. The van der Waals surface area contributed by atoms with Crippen LogP contribution in [-0.2, 0) is 65.4 Å². The quantitative estimate of drug-likeness (QED) is 0.0222. The monoisotopic (exact) mass is 1370 g/mol. The van der Waals surface area contributed by atoms with Crippen LogP contribution in [0.2, 0.25) is 0 Å². The summed E-state index contributed by atoms with van der Waals surface area (Å²) < 4.78 is 68.4. The van der Waals surface area contributed by atoms with Crippen molar-refractivity contribution < 1.29 is 80.2 Å². The summed E-state index contributed by atoms with van der Waals surface area (Å²) >= 11 is 0. The van der Waals surface area contributed by atoms with Gasteiger partial charge >= 0.3 is 39.5 Å². The highest BCUT2D eigenvalue weighted by Crippen LogP contribution is 2.45. The van der Waals surface area contributed by atoms with Gasteiger partial charge in [-0.25, -0.2) is 9.13 Å². The van der Waals surface area contributed by atoms with Gasteiger partial charge in [0.05, 0.1) is 26.4 Å². The van der Waals surface area contributed by atoms with Gasteiger partial charge in [-0.15, -0.1) is 0 Å². The molecule has 0 heterocycles. The van der Waals surface area contributed by atoms with Crippen molar-refractivity contribution in [2.45, 2.75) is 388 Å². The summed E-state index contributed by atoms with van der Waals surface area (Å²) in [5.74, 6) is 0.873. The fraction of sp³-hybridized carbons (Fsp3) is 0.946. The Morgan fingerprint density at radius 3 is 0.667 bits per heavy atom. The van der Waals surface area contributed by atoms with E-state index in [4.69, 9.17) is 37.0 Å². The Bertz CT molecular complexity index is 1830. The third-order valence-corrected chi connectivity index (χ3v) is 19.0. The Morgan fingerprint density at radius 2 is 0.452 bits per heavy atom. The molecule has 0 aliphatic rings. The van der Waals surface area contributed by atoms with E-state index in [1.165, 1.54) is 173 Å². The molecule has 0 saturated heterocycles. The molecule has 0 fully saturated rings. The van der Waals surface area contributed by atoms with Crippen LogP contribution in [-0.4, -0.2) is 96.7 Å². The van der Waals surface area contributed by atoms with Crippen LogP contribution in [0.3, 0.4) is 0 Å². The Labute approximate surface area is 568 Å². The number of unbranched alkanes of at least 4 members (excludes halogenated alkanes) is 37. The number of hydrogen-bond donors (Lipinski definition) is 3. The van der Waals surface area contributed by atoms with Crippen molar-refractivity contribution in [3.8, 4) is 0 Å². The molecule has 0 aliphatic carbocycles. The van der Waals surface area contributed by atoms with E-state index >= 15 is 0 Å². The number of phosphoric ester groups is 2. The molecule has 0 amide bonds. The van der Waals surface area contributed by atoms with Gasteiger partial charge in [-0.2, -0.15) is 0 Å². The number of phosphoric acid groups is 2. The van der Waals surface area contributed by atoms with Gasteiger partial charge in [0.15, 0.2) is 12.2 Å². The van der Waals surface area contributed by atoms with Gasteiger partial charge in [-0.3, -0.25) is 37.3 Å². The minimum atomic E-state index is -4.96. The summed E-state index contributed by atoms with van der Waals surface area (Å²) in [6, 6.07) is 0. The Balaban J connectivity index is 5.24. The SMILES string of the molecule is CC(C)CCCCCCCCCCCCCCCCC(=O)O[C@H](COC(=O)CCCCCCCCCCCCCCC(C)C)COP(=O)(O)OCC(O)COP(=O)(O)OC[C@@H](COC(=O)CCCCCCCCCCC(C)C)OC(=O)CCCCCCCCCC(C)C. The van der Waals surface area contributed by atoms with Crippen molar-refractivity contribution >= 4 is 39.5 Å². The number of ether oxygens (including phenoxy) is 4. The van der Waals surface area contributed by atoms with Crippen LogP contribution in [0.15, 0.2) is 0 Å². The molecule has 5 atom stereocenters. The highest BCUT2D eigenvalue weighted by Gasteiger charge is 2.30. The van der Waals surface area contributed by atoms with E-state index in [2.05, 4.69) is 55.4 Å². The molecule has 0 aliphatic heterocycles. The zero-order valence-electron chi connectivity index (χ0n) is 60.9.